The van der Waals surface area contributed by atoms with Crippen molar-refractivity contribution in [1.29, 1.82) is 0 Å². The first-order chi connectivity index (χ1) is 19.5. The molecule has 1 saturated heterocycles. The Morgan fingerprint density at radius 2 is 1.85 bits per heavy atom. The summed E-state index contributed by atoms with van der Waals surface area (Å²) >= 11 is 0. The van der Waals surface area contributed by atoms with Crippen LogP contribution in [0, 0.1) is 17.7 Å². The Hall–Kier alpha value is -3.26. The van der Waals surface area contributed by atoms with Gasteiger partial charge in [0.05, 0.1) is 11.2 Å². The lowest BCUT2D eigenvalue weighted by atomic mass is 9.86. The first-order valence-electron chi connectivity index (χ1n) is 15.2. The Balaban J connectivity index is 1.21. The molecule has 4 heterocycles. The minimum atomic E-state index is -0.418. The second-order valence-corrected chi connectivity index (χ2v) is 12.8. The van der Waals surface area contributed by atoms with Gasteiger partial charge < -0.3 is 19.8 Å². The Kier molecular flexibility index (Phi) is 5.60. The van der Waals surface area contributed by atoms with Gasteiger partial charge in [0.2, 0.25) is 0 Å². The van der Waals surface area contributed by atoms with Crippen LogP contribution in [-0.4, -0.2) is 48.5 Å². The van der Waals surface area contributed by atoms with Gasteiger partial charge in [-0.15, -0.1) is 0 Å². The van der Waals surface area contributed by atoms with Crippen molar-refractivity contribution in [2.75, 3.05) is 6.54 Å². The molecule has 4 fully saturated rings. The van der Waals surface area contributed by atoms with Crippen molar-refractivity contribution in [3.63, 3.8) is 0 Å². The molecule has 2 bridgehead atoms. The lowest BCUT2D eigenvalue weighted by Crippen LogP contribution is -2.41. The normalized spacial score (nSPS) is 25.1. The maximum Gasteiger partial charge on any atom is 0.254 e. The van der Waals surface area contributed by atoms with Gasteiger partial charge in [0, 0.05) is 54.8 Å². The van der Waals surface area contributed by atoms with E-state index in [0.717, 1.165) is 36.1 Å². The van der Waals surface area contributed by atoms with Crippen LogP contribution in [0.1, 0.15) is 79.8 Å². The van der Waals surface area contributed by atoms with Crippen molar-refractivity contribution in [3.05, 3.63) is 47.4 Å². The number of amides is 1. The smallest absolute Gasteiger partial charge is 0.254 e. The van der Waals surface area contributed by atoms with Crippen LogP contribution >= 0.6 is 0 Å². The van der Waals surface area contributed by atoms with Crippen LogP contribution in [0.4, 0.5) is 4.39 Å². The van der Waals surface area contributed by atoms with E-state index < -0.39 is 5.82 Å². The highest BCUT2D eigenvalue weighted by molar-refractivity contribution is 5.98. The Morgan fingerprint density at radius 1 is 1.02 bits per heavy atom. The minimum absolute atomic E-state index is 0.0274. The fraction of sp³-hybridized carbons (Fsp3) is 0.531. The molecule has 1 amide bonds. The van der Waals surface area contributed by atoms with E-state index in [1.54, 1.807) is 6.07 Å². The Labute approximate surface area is 233 Å². The summed E-state index contributed by atoms with van der Waals surface area (Å²) in [5, 5.41) is 1.10. The van der Waals surface area contributed by atoms with Gasteiger partial charge in [0.25, 0.3) is 5.91 Å². The number of halogens is 1. The predicted octanol–water partition coefficient (Wildman–Crippen LogP) is 5.75. The molecule has 3 atom stereocenters. The molecule has 3 unspecified atom stereocenters. The molecule has 3 aromatic heterocycles. The van der Waals surface area contributed by atoms with Crippen LogP contribution in [0.25, 0.3) is 33.6 Å². The van der Waals surface area contributed by atoms with Gasteiger partial charge in [0.15, 0.2) is 5.82 Å². The molecule has 7 nitrogen and oxygen atoms in total. The van der Waals surface area contributed by atoms with Crippen molar-refractivity contribution in [3.8, 4) is 11.5 Å². The Morgan fingerprint density at radius 3 is 2.58 bits per heavy atom. The van der Waals surface area contributed by atoms with Gasteiger partial charge >= 0.3 is 0 Å². The minimum Gasteiger partial charge on any atom is -0.334 e. The van der Waals surface area contributed by atoms with Crippen LogP contribution in [0.15, 0.2) is 30.3 Å². The number of aryl methyl sites for hydroxylation is 1. The van der Waals surface area contributed by atoms with Crippen molar-refractivity contribution in [1.82, 2.24) is 24.0 Å². The standard InChI is InChI=1S/C32H37FN6O/c1-37-29-23(33)13-22(32(40)39-17-21-10-12-26(39)28(21)34)14-25(29)36-31(37)27-15-20-9-11-24(19-5-3-2-4-6-19)35-30(20)38(27)16-18-7-8-18/h9,11,13-15,18-19,21,26,28H,2-8,10,12,16-17,34H2,1H3. The Bertz CT molecular complexity index is 1640. The van der Waals surface area contributed by atoms with Gasteiger partial charge in [-0.1, -0.05) is 19.3 Å². The number of likely N-dealkylation sites (tertiary alicyclic amines) is 1. The molecule has 8 heteroatoms. The highest BCUT2D eigenvalue weighted by Gasteiger charge is 2.47. The van der Waals surface area contributed by atoms with E-state index in [1.165, 1.54) is 56.7 Å². The van der Waals surface area contributed by atoms with E-state index in [9.17, 15) is 4.79 Å². The third-order valence-electron chi connectivity index (χ3n) is 10.2. The number of aromatic nitrogens is 4. The largest absolute Gasteiger partial charge is 0.334 e. The van der Waals surface area contributed by atoms with E-state index in [1.807, 2.05) is 16.5 Å². The number of hydrogen-bond donors (Lipinski definition) is 1. The molecule has 4 aliphatic rings. The first kappa shape index (κ1) is 24.5. The molecule has 3 saturated carbocycles. The summed E-state index contributed by atoms with van der Waals surface area (Å²) in [6.07, 6.45) is 10.8. The predicted molar refractivity (Wildman–Crippen MR) is 153 cm³/mol. The molecule has 8 rings (SSSR count). The van der Waals surface area contributed by atoms with Crippen molar-refractivity contribution >= 4 is 28.0 Å². The molecule has 2 N–H and O–H groups in total. The van der Waals surface area contributed by atoms with Gasteiger partial charge in [-0.25, -0.2) is 14.4 Å². The fourth-order valence-corrected chi connectivity index (χ4v) is 7.79. The summed E-state index contributed by atoms with van der Waals surface area (Å²) in [6, 6.07) is 9.78. The number of pyridine rings is 1. The van der Waals surface area contributed by atoms with Gasteiger partial charge in [0.1, 0.15) is 17.0 Å². The van der Waals surface area contributed by atoms with E-state index in [0.29, 0.717) is 46.7 Å². The number of nitrogens with two attached hydrogens (primary N) is 1. The average molecular weight is 541 g/mol. The SMILES string of the molecule is Cn1c(-c2cc3ccc(C4CCCCC4)nc3n2CC2CC2)nc2cc(C(=O)N3CC4CCC3C4N)cc(F)c21. The van der Waals surface area contributed by atoms with Crippen LogP contribution in [0.3, 0.4) is 0 Å². The molecule has 0 spiro atoms. The van der Waals surface area contributed by atoms with E-state index >= 15 is 4.39 Å². The van der Waals surface area contributed by atoms with Crippen LogP contribution in [0.2, 0.25) is 0 Å². The first-order valence-corrected chi connectivity index (χ1v) is 15.2. The number of hydrogen-bond acceptors (Lipinski definition) is 4. The highest BCUT2D eigenvalue weighted by Crippen LogP contribution is 2.40. The van der Waals surface area contributed by atoms with Crippen LogP contribution in [0.5, 0.6) is 0 Å². The number of carbonyl (C=O) groups excluding carboxylic acids is 1. The maximum atomic E-state index is 15.7. The second kappa shape index (κ2) is 9.13. The summed E-state index contributed by atoms with van der Waals surface area (Å²) in [5.74, 6) is 1.68. The zero-order valence-electron chi connectivity index (χ0n) is 23.2. The van der Waals surface area contributed by atoms with Crippen molar-refractivity contribution in [2.45, 2.75) is 82.3 Å². The summed E-state index contributed by atoms with van der Waals surface area (Å²) in [7, 11) is 1.87. The summed E-state index contributed by atoms with van der Waals surface area (Å²) in [4.78, 5) is 25.5. The van der Waals surface area contributed by atoms with E-state index in [4.69, 9.17) is 15.7 Å². The number of rotatable bonds is 5. The third-order valence-corrected chi connectivity index (χ3v) is 10.2. The molecule has 208 valence electrons. The molecular weight excluding hydrogens is 503 g/mol. The lowest BCUT2D eigenvalue weighted by Gasteiger charge is -2.27. The van der Waals surface area contributed by atoms with E-state index in [2.05, 4.69) is 22.8 Å². The van der Waals surface area contributed by atoms with Gasteiger partial charge in [-0.3, -0.25) is 4.79 Å². The summed E-state index contributed by atoms with van der Waals surface area (Å²) < 4.78 is 19.8. The highest BCUT2D eigenvalue weighted by atomic mass is 19.1. The molecule has 1 aromatic carbocycles. The number of piperidine rings is 1. The van der Waals surface area contributed by atoms with Gasteiger partial charge in [-0.2, -0.15) is 0 Å². The van der Waals surface area contributed by atoms with Crippen LogP contribution in [-0.2, 0) is 13.6 Å². The number of fused-ring (bicyclic) bond motifs is 4. The molecule has 0 radical (unpaired) electrons. The van der Waals surface area contributed by atoms with Gasteiger partial charge in [-0.05, 0) is 80.7 Å². The number of benzene rings is 1. The van der Waals surface area contributed by atoms with Crippen molar-refractivity contribution in [2.24, 2.45) is 24.6 Å². The number of nitrogens with zero attached hydrogens (tertiary/aromatic N) is 5. The monoisotopic (exact) mass is 540 g/mol. The molecule has 1 aliphatic heterocycles. The lowest BCUT2D eigenvalue weighted by molar-refractivity contribution is 0.0700. The third kappa shape index (κ3) is 3.82. The quantitative estimate of drug-likeness (QED) is 0.350. The second-order valence-electron chi connectivity index (χ2n) is 12.8. The maximum absolute atomic E-state index is 15.7. The summed E-state index contributed by atoms with van der Waals surface area (Å²) in [6.45, 7) is 1.56. The fourth-order valence-electron chi connectivity index (χ4n) is 7.79. The number of carbonyl (C=O) groups is 1. The number of imidazole rings is 1. The zero-order valence-corrected chi connectivity index (χ0v) is 23.2. The molecular formula is C32H37FN6O. The molecule has 3 aliphatic carbocycles. The molecule has 40 heavy (non-hydrogen) atoms. The average Bonchev–Trinajstić information content (AvgIpc) is 3.37. The van der Waals surface area contributed by atoms with E-state index in [-0.39, 0.29) is 18.0 Å². The topological polar surface area (TPSA) is 82.0 Å². The van der Waals surface area contributed by atoms with Crippen molar-refractivity contribution < 1.29 is 9.18 Å². The van der Waals surface area contributed by atoms with Crippen LogP contribution < -0.4 is 5.73 Å². The summed E-state index contributed by atoms with van der Waals surface area (Å²) in [5.41, 5.74) is 10.8. The molecule has 4 aromatic rings. The zero-order chi connectivity index (χ0) is 27.1.